The fraction of sp³-hybridized carbons (Fsp3) is 0.476. The molecule has 0 spiro atoms. The molecule has 0 amide bonds. The zero-order valence-corrected chi connectivity index (χ0v) is 15.5. The summed E-state index contributed by atoms with van der Waals surface area (Å²) in [5.74, 6) is 0.830. The molecule has 5 nitrogen and oxygen atoms in total. The predicted octanol–water partition coefficient (Wildman–Crippen LogP) is 3.99. The van der Waals surface area contributed by atoms with Gasteiger partial charge in [0.15, 0.2) is 5.78 Å². The molecule has 1 atom stereocenters. The molecule has 6 heteroatoms. The smallest absolute Gasteiger partial charge is 0.220 e. The van der Waals surface area contributed by atoms with Crippen molar-refractivity contribution in [3.05, 3.63) is 46.5 Å². The molecule has 1 heterocycles. The minimum absolute atomic E-state index is 0.00446. The number of anilines is 1. The van der Waals surface area contributed by atoms with Crippen LogP contribution in [0.1, 0.15) is 65.3 Å². The van der Waals surface area contributed by atoms with Gasteiger partial charge in [-0.25, -0.2) is 14.4 Å². The molecule has 1 unspecified atom stereocenters. The van der Waals surface area contributed by atoms with Crippen LogP contribution >= 0.6 is 0 Å². The number of Topliss-reactive ketones (excluding diaryl/α,β-unsaturated/α-hetero) is 1. The average Bonchev–Trinajstić information content (AvgIpc) is 3.12. The van der Waals surface area contributed by atoms with E-state index in [1.54, 1.807) is 13.0 Å². The minimum atomic E-state index is -0.329. The van der Waals surface area contributed by atoms with Crippen molar-refractivity contribution in [3.63, 3.8) is 0 Å². The summed E-state index contributed by atoms with van der Waals surface area (Å²) in [6, 6.07) is 4.60. The Bertz CT molecular complexity index is 878. The van der Waals surface area contributed by atoms with E-state index in [9.17, 15) is 9.18 Å². The van der Waals surface area contributed by atoms with Gasteiger partial charge in [-0.3, -0.25) is 4.79 Å². The maximum absolute atomic E-state index is 13.9. The van der Waals surface area contributed by atoms with Gasteiger partial charge >= 0.3 is 0 Å². The Kier molecular flexibility index (Phi) is 4.81. The maximum atomic E-state index is 13.9. The second-order valence-corrected chi connectivity index (χ2v) is 7.66. The quantitative estimate of drug-likeness (QED) is 0.882. The number of ketones is 1. The van der Waals surface area contributed by atoms with Crippen molar-refractivity contribution >= 4 is 11.7 Å². The van der Waals surface area contributed by atoms with Gasteiger partial charge in [0.2, 0.25) is 5.95 Å². The van der Waals surface area contributed by atoms with Gasteiger partial charge in [0.1, 0.15) is 11.6 Å². The van der Waals surface area contributed by atoms with E-state index in [4.69, 9.17) is 10.5 Å². The van der Waals surface area contributed by atoms with E-state index < -0.39 is 0 Å². The number of nitrogen functional groups attached to an aromatic ring is 1. The first-order valence-corrected chi connectivity index (χ1v) is 9.59. The standard InChI is InChI=1S/C21H24FN3O2/c1-12-20-17(25-21(23)24-12)8-14(9-18(20)26)16-7-6-15(22)10-19(16)27-11-13-4-2-3-5-13/h6-7,10,13-14H,2-5,8-9,11H2,1H3,(H2,23,24,25). The number of halogens is 1. The van der Waals surface area contributed by atoms with Crippen molar-refractivity contribution in [1.82, 2.24) is 9.97 Å². The summed E-state index contributed by atoms with van der Waals surface area (Å²) in [6.45, 7) is 2.38. The molecule has 1 saturated carbocycles. The molecule has 142 valence electrons. The third-order valence-electron chi connectivity index (χ3n) is 5.70. The zero-order valence-electron chi connectivity index (χ0n) is 15.5. The number of benzene rings is 1. The number of aryl methyl sites for hydroxylation is 1. The van der Waals surface area contributed by atoms with Crippen LogP contribution in [0, 0.1) is 18.7 Å². The normalized spacial score (nSPS) is 19.9. The molecular formula is C21H24FN3O2. The van der Waals surface area contributed by atoms with Gasteiger partial charge in [0, 0.05) is 18.4 Å². The summed E-state index contributed by atoms with van der Waals surface area (Å²) in [4.78, 5) is 21.1. The van der Waals surface area contributed by atoms with Crippen molar-refractivity contribution in [2.45, 2.75) is 51.4 Å². The van der Waals surface area contributed by atoms with Crippen molar-refractivity contribution in [1.29, 1.82) is 0 Å². The molecule has 1 aromatic heterocycles. The summed E-state index contributed by atoms with van der Waals surface area (Å²) in [7, 11) is 0. The predicted molar refractivity (Wildman–Crippen MR) is 100 cm³/mol. The first-order valence-electron chi connectivity index (χ1n) is 9.59. The topological polar surface area (TPSA) is 78.1 Å². The van der Waals surface area contributed by atoms with Gasteiger partial charge in [-0.15, -0.1) is 0 Å². The molecule has 27 heavy (non-hydrogen) atoms. The monoisotopic (exact) mass is 369 g/mol. The lowest BCUT2D eigenvalue weighted by Gasteiger charge is -2.26. The van der Waals surface area contributed by atoms with E-state index in [1.807, 2.05) is 0 Å². The number of aromatic nitrogens is 2. The Morgan fingerprint density at radius 1 is 1.22 bits per heavy atom. The lowest BCUT2D eigenvalue weighted by Crippen LogP contribution is -2.23. The van der Waals surface area contributed by atoms with E-state index >= 15 is 0 Å². The largest absolute Gasteiger partial charge is 0.493 e. The number of nitrogens with zero attached hydrogens (tertiary/aromatic N) is 2. The summed E-state index contributed by atoms with van der Waals surface area (Å²) in [5.41, 5.74) is 8.51. The minimum Gasteiger partial charge on any atom is -0.493 e. The lowest BCUT2D eigenvalue weighted by atomic mass is 9.81. The summed E-state index contributed by atoms with van der Waals surface area (Å²) >= 11 is 0. The Morgan fingerprint density at radius 3 is 2.78 bits per heavy atom. The lowest BCUT2D eigenvalue weighted by molar-refractivity contribution is 0.0961. The summed E-state index contributed by atoms with van der Waals surface area (Å²) < 4.78 is 19.9. The first-order chi connectivity index (χ1) is 13.0. The third-order valence-corrected chi connectivity index (χ3v) is 5.70. The molecule has 1 fully saturated rings. The number of hydrogen-bond donors (Lipinski definition) is 1. The molecule has 0 bridgehead atoms. The van der Waals surface area contributed by atoms with Crippen molar-refractivity contribution in [2.75, 3.05) is 12.3 Å². The number of nitrogens with two attached hydrogens (primary N) is 1. The van der Waals surface area contributed by atoms with Crippen LogP contribution in [0.4, 0.5) is 10.3 Å². The fourth-order valence-electron chi connectivity index (χ4n) is 4.37. The van der Waals surface area contributed by atoms with Gasteiger partial charge in [0.25, 0.3) is 0 Å². The Hall–Kier alpha value is -2.50. The Balaban J connectivity index is 1.62. The van der Waals surface area contributed by atoms with Crippen molar-refractivity contribution in [3.8, 4) is 5.75 Å². The van der Waals surface area contributed by atoms with Crippen molar-refractivity contribution in [2.24, 2.45) is 5.92 Å². The van der Waals surface area contributed by atoms with Crippen LogP contribution < -0.4 is 10.5 Å². The highest BCUT2D eigenvalue weighted by atomic mass is 19.1. The van der Waals surface area contributed by atoms with Crippen LogP contribution in [0.5, 0.6) is 5.75 Å². The highest BCUT2D eigenvalue weighted by Gasteiger charge is 2.31. The van der Waals surface area contributed by atoms with Crippen LogP contribution in [0.25, 0.3) is 0 Å². The molecule has 2 aliphatic rings. The number of hydrogen-bond acceptors (Lipinski definition) is 5. The molecule has 2 N–H and O–H groups in total. The van der Waals surface area contributed by atoms with E-state index in [2.05, 4.69) is 9.97 Å². The van der Waals surface area contributed by atoms with Gasteiger partial charge in [-0.05, 0) is 43.7 Å². The highest BCUT2D eigenvalue weighted by molar-refractivity contribution is 5.99. The molecule has 0 radical (unpaired) electrons. The van der Waals surface area contributed by atoms with E-state index in [0.717, 1.165) is 18.4 Å². The number of carbonyl (C=O) groups excluding carboxylic acids is 1. The molecular weight excluding hydrogens is 345 g/mol. The second-order valence-electron chi connectivity index (χ2n) is 7.66. The summed E-state index contributed by atoms with van der Waals surface area (Å²) in [6.07, 6.45) is 5.70. The van der Waals surface area contributed by atoms with Crippen LogP contribution in [0.15, 0.2) is 18.2 Å². The van der Waals surface area contributed by atoms with Crippen molar-refractivity contribution < 1.29 is 13.9 Å². The van der Waals surface area contributed by atoms with E-state index in [1.165, 1.54) is 25.0 Å². The fourth-order valence-corrected chi connectivity index (χ4v) is 4.37. The first kappa shape index (κ1) is 17.9. The van der Waals surface area contributed by atoms with Gasteiger partial charge in [0.05, 0.1) is 23.6 Å². The number of rotatable bonds is 4. The van der Waals surface area contributed by atoms with Crippen LogP contribution in [-0.4, -0.2) is 22.4 Å². The molecule has 0 aliphatic heterocycles. The van der Waals surface area contributed by atoms with E-state index in [0.29, 0.717) is 48.1 Å². The maximum Gasteiger partial charge on any atom is 0.220 e. The van der Waals surface area contributed by atoms with E-state index in [-0.39, 0.29) is 23.5 Å². The number of fused-ring (bicyclic) bond motifs is 1. The Morgan fingerprint density at radius 2 is 2.00 bits per heavy atom. The Labute approximate surface area is 158 Å². The van der Waals surface area contributed by atoms with Gasteiger partial charge < -0.3 is 10.5 Å². The molecule has 2 aromatic rings. The summed E-state index contributed by atoms with van der Waals surface area (Å²) in [5, 5.41) is 0. The molecule has 1 aromatic carbocycles. The number of ether oxygens (including phenoxy) is 1. The van der Waals surface area contributed by atoms with Gasteiger partial charge in [-0.2, -0.15) is 0 Å². The van der Waals surface area contributed by atoms with Crippen LogP contribution in [0.2, 0.25) is 0 Å². The second kappa shape index (κ2) is 7.25. The average molecular weight is 369 g/mol. The zero-order chi connectivity index (χ0) is 19.0. The van der Waals surface area contributed by atoms with Crippen LogP contribution in [0.3, 0.4) is 0 Å². The van der Waals surface area contributed by atoms with Gasteiger partial charge in [-0.1, -0.05) is 18.9 Å². The van der Waals surface area contributed by atoms with Crippen LogP contribution in [-0.2, 0) is 6.42 Å². The third kappa shape index (κ3) is 3.66. The molecule has 2 aliphatic carbocycles. The highest BCUT2D eigenvalue weighted by Crippen LogP contribution is 2.38. The SMILES string of the molecule is Cc1nc(N)nc2c1C(=O)CC(c1ccc(F)cc1OCC1CCCC1)C2. The molecule has 4 rings (SSSR count). The number of carbonyl (C=O) groups is 1. The molecule has 0 saturated heterocycles.